The second-order valence-electron chi connectivity index (χ2n) is 9.04. The zero-order valence-electron chi connectivity index (χ0n) is 21.0. The summed E-state index contributed by atoms with van der Waals surface area (Å²) >= 11 is 29.8. The lowest BCUT2D eigenvalue weighted by atomic mass is 10.1. The van der Waals surface area contributed by atoms with Crippen molar-refractivity contribution in [3.05, 3.63) is 30.1 Å². The van der Waals surface area contributed by atoms with Crippen LogP contribution in [0.3, 0.4) is 0 Å². The Labute approximate surface area is 243 Å². The Morgan fingerprint density at radius 1 is 0.472 bits per heavy atom. The minimum atomic E-state index is 0.316. The van der Waals surface area contributed by atoms with Gasteiger partial charge in [0.05, 0.1) is 31.2 Å². The first-order valence-electron chi connectivity index (χ1n) is 13.0. The third-order valence-corrected chi connectivity index (χ3v) is 9.82. The first kappa shape index (κ1) is 30.0. The largest absolute Gasteiger partial charge is 0.150 e. The lowest BCUT2D eigenvalue weighted by Crippen LogP contribution is -1.90. The van der Waals surface area contributed by atoms with Crippen molar-refractivity contribution in [3.63, 3.8) is 0 Å². The van der Waals surface area contributed by atoms with Crippen LogP contribution in [0.2, 0.25) is 20.1 Å². The molecule has 0 aliphatic heterocycles. The number of benzene rings is 1. The van der Waals surface area contributed by atoms with E-state index in [4.69, 9.17) is 46.4 Å². The minimum absolute atomic E-state index is 0.316. The smallest absolute Gasteiger partial charge is 0.143 e. The van der Waals surface area contributed by atoms with Crippen molar-refractivity contribution in [1.82, 2.24) is 20.4 Å². The lowest BCUT2D eigenvalue weighted by molar-refractivity contribution is 0.606. The van der Waals surface area contributed by atoms with Gasteiger partial charge in [-0.3, -0.25) is 0 Å². The Hall–Kier alpha value is -0.500. The summed E-state index contributed by atoms with van der Waals surface area (Å²) in [6.45, 7) is 4.46. The van der Waals surface area contributed by atoms with E-state index in [2.05, 4.69) is 34.2 Å². The van der Waals surface area contributed by atoms with Gasteiger partial charge in [-0.1, -0.05) is 147 Å². The molecule has 0 atom stereocenters. The third-order valence-electron chi connectivity index (χ3n) is 6.11. The van der Waals surface area contributed by atoms with Crippen LogP contribution in [0, 0.1) is 0 Å². The number of halogens is 4. The van der Waals surface area contributed by atoms with E-state index in [1.165, 1.54) is 86.9 Å². The molecule has 0 amide bonds. The van der Waals surface area contributed by atoms with Crippen LogP contribution in [-0.4, -0.2) is 20.4 Å². The van der Waals surface area contributed by atoms with E-state index in [1.807, 2.05) is 0 Å². The van der Waals surface area contributed by atoms with Crippen LogP contribution in [0.4, 0.5) is 0 Å². The molecule has 2 aromatic heterocycles. The molecule has 0 aliphatic rings. The Bertz CT molecular complexity index is 986. The average Bonchev–Trinajstić information content (AvgIpc) is 3.53. The molecule has 1 aromatic carbocycles. The van der Waals surface area contributed by atoms with Crippen LogP contribution in [0.5, 0.6) is 0 Å². The maximum Gasteiger partial charge on any atom is 0.150 e. The molecule has 0 saturated heterocycles. The lowest BCUT2D eigenvalue weighted by Gasteiger charge is -2.12. The Morgan fingerprint density at radius 3 is 1.17 bits per heavy atom. The van der Waals surface area contributed by atoms with Gasteiger partial charge in [-0.05, 0) is 12.8 Å². The molecule has 0 spiro atoms. The molecule has 198 valence electrons. The van der Waals surface area contributed by atoms with Crippen molar-refractivity contribution in [2.75, 3.05) is 0 Å². The van der Waals surface area contributed by atoms with Gasteiger partial charge in [-0.15, -0.1) is 20.4 Å². The van der Waals surface area contributed by atoms with Crippen molar-refractivity contribution in [2.24, 2.45) is 0 Å². The Morgan fingerprint density at radius 2 is 0.806 bits per heavy atom. The fourth-order valence-electron chi connectivity index (χ4n) is 4.03. The number of aromatic nitrogens is 4. The second-order valence-corrected chi connectivity index (χ2v) is 12.7. The number of nitrogens with zero attached hydrogens (tertiary/aromatic N) is 4. The molecule has 4 nitrogen and oxygen atoms in total. The highest BCUT2D eigenvalue weighted by molar-refractivity contribution is 7.15. The zero-order chi connectivity index (χ0) is 25.9. The molecule has 0 fully saturated rings. The molecule has 0 saturated carbocycles. The summed E-state index contributed by atoms with van der Waals surface area (Å²) in [4.78, 5) is 0. The predicted octanol–water partition coefficient (Wildman–Crippen LogP) is 11.1. The van der Waals surface area contributed by atoms with Gasteiger partial charge in [0.25, 0.3) is 0 Å². The molecular formula is C26H34Cl4N4S2. The highest BCUT2D eigenvalue weighted by Gasteiger charge is 2.26. The van der Waals surface area contributed by atoms with Crippen LogP contribution in [0.25, 0.3) is 21.1 Å². The van der Waals surface area contributed by atoms with Crippen molar-refractivity contribution in [1.29, 1.82) is 0 Å². The Kier molecular flexibility index (Phi) is 13.2. The normalized spacial score (nSPS) is 11.5. The van der Waals surface area contributed by atoms with Gasteiger partial charge in [-0.2, -0.15) is 0 Å². The fourth-order valence-corrected chi connectivity index (χ4v) is 7.34. The van der Waals surface area contributed by atoms with Crippen LogP contribution in [0.15, 0.2) is 0 Å². The van der Waals surface area contributed by atoms with Crippen LogP contribution in [0.1, 0.15) is 101 Å². The van der Waals surface area contributed by atoms with Gasteiger partial charge in [0.15, 0.2) is 10.0 Å². The molecule has 36 heavy (non-hydrogen) atoms. The predicted molar refractivity (Wildman–Crippen MR) is 158 cm³/mol. The van der Waals surface area contributed by atoms with Gasteiger partial charge in [0.1, 0.15) is 10.0 Å². The second kappa shape index (κ2) is 15.8. The topological polar surface area (TPSA) is 51.6 Å². The van der Waals surface area contributed by atoms with Gasteiger partial charge in [-0.25, -0.2) is 0 Å². The molecule has 3 rings (SSSR count). The summed E-state index contributed by atoms with van der Waals surface area (Å²) in [5, 5.41) is 21.8. The molecule has 0 unspecified atom stereocenters. The first-order chi connectivity index (χ1) is 17.5. The third kappa shape index (κ3) is 8.25. The van der Waals surface area contributed by atoms with Crippen molar-refractivity contribution in [3.8, 4) is 21.1 Å². The van der Waals surface area contributed by atoms with E-state index in [1.54, 1.807) is 0 Å². The van der Waals surface area contributed by atoms with Gasteiger partial charge < -0.3 is 0 Å². The Balaban J connectivity index is 1.69. The van der Waals surface area contributed by atoms with Gasteiger partial charge >= 0.3 is 0 Å². The molecule has 3 aromatic rings. The molecule has 10 heteroatoms. The monoisotopic (exact) mass is 606 g/mol. The summed E-state index contributed by atoms with van der Waals surface area (Å²) in [6, 6.07) is 0. The van der Waals surface area contributed by atoms with Gasteiger partial charge in [0.2, 0.25) is 0 Å². The van der Waals surface area contributed by atoms with E-state index in [0.717, 1.165) is 35.7 Å². The fraction of sp³-hybridized carbons (Fsp3) is 0.615. The highest BCUT2D eigenvalue weighted by Crippen LogP contribution is 2.50. The molecule has 0 N–H and O–H groups in total. The van der Waals surface area contributed by atoms with E-state index < -0.39 is 0 Å². The average molecular weight is 609 g/mol. The van der Waals surface area contributed by atoms with Crippen LogP contribution < -0.4 is 0 Å². The molecular weight excluding hydrogens is 574 g/mol. The summed E-state index contributed by atoms with van der Waals surface area (Å²) in [5.41, 5.74) is 1.06. The number of rotatable bonds is 16. The van der Waals surface area contributed by atoms with E-state index in [0.29, 0.717) is 41.2 Å². The molecule has 0 radical (unpaired) electrons. The maximum absolute atomic E-state index is 6.72. The van der Waals surface area contributed by atoms with E-state index in [9.17, 15) is 0 Å². The minimum Gasteiger partial charge on any atom is -0.143 e. The summed E-state index contributed by atoms with van der Waals surface area (Å²) in [6.07, 6.45) is 16.6. The van der Waals surface area contributed by atoms with Crippen molar-refractivity contribution < 1.29 is 0 Å². The van der Waals surface area contributed by atoms with Crippen molar-refractivity contribution in [2.45, 2.75) is 104 Å². The van der Waals surface area contributed by atoms with Gasteiger partial charge in [0, 0.05) is 12.8 Å². The molecule has 0 bridgehead atoms. The summed E-state index contributed by atoms with van der Waals surface area (Å²) < 4.78 is 0. The summed E-state index contributed by atoms with van der Waals surface area (Å²) in [7, 11) is 0. The summed E-state index contributed by atoms with van der Waals surface area (Å²) in [5.74, 6) is 0. The van der Waals surface area contributed by atoms with E-state index in [-0.39, 0.29) is 0 Å². The van der Waals surface area contributed by atoms with E-state index >= 15 is 0 Å². The zero-order valence-corrected chi connectivity index (χ0v) is 25.7. The van der Waals surface area contributed by atoms with Crippen LogP contribution >= 0.6 is 69.1 Å². The van der Waals surface area contributed by atoms with Crippen molar-refractivity contribution >= 4 is 69.1 Å². The maximum atomic E-state index is 6.72. The number of aryl methyl sites for hydroxylation is 2. The first-order valence-corrected chi connectivity index (χ1v) is 16.1. The quantitative estimate of drug-likeness (QED) is 0.120. The SMILES string of the molecule is CCCCCCCCc1nnc(-c2c(Cl)c(Cl)c(-c3nnc(CCCCCCCC)s3)c(Cl)c2Cl)s1. The van der Waals surface area contributed by atoms with Crippen LogP contribution in [-0.2, 0) is 12.8 Å². The highest BCUT2D eigenvalue weighted by atomic mass is 35.5. The number of hydrogen-bond donors (Lipinski definition) is 0. The molecule has 0 aliphatic carbocycles. The number of hydrogen-bond acceptors (Lipinski definition) is 6. The molecule has 2 heterocycles. The standard InChI is InChI=1S/C26H34Cl4N4S2/c1-3-5-7-9-11-13-15-17-31-33-25(35-17)19-21(27)23(29)20(24(30)22(19)28)26-34-32-18(36-26)16-14-12-10-8-6-4-2/h3-16H2,1-2H3. The number of unbranched alkanes of at least 4 members (excludes halogenated alkanes) is 10.